The average Bonchev–Trinajstić information content (AvgIpc) is 2.68. The number of nitrogens with one attached hydrogen (secondary N) is 2. The maximum atomic E-state index is 12.3. The number of rotatable bonds is 3. The number of nitriles is 1. The summed E-state index contributed by atoms with van der Waals surface area (Å²) < 4.78 is 0. The van der Waals surface area contributed by atoms with Gasteiger partial charge in [-0.1, -0.05) is 50.6 Å². The number of anilines is 1. The Hall–Kier alpha value is -1.32. The number of halogens is 1. The predicted octanol–water partition coefficient (Wildman–Crippen LogP) is 3.27. The van der Waals surface area contributed by atoms with Crippen molar-refractivity contribution in [3.05, 3.63) is 10.0 Å². The first-order valence-corrected chi connectivity index (χ1v) is 7.98. The molecule has 0 bridgehead atoms. The van der Waals surface area contributed by atoms with Crippen molar-refractivity contribution < 1.29 is 4.79 Å². The molecule has 114 valence electrons. The van der Waals surface area contributed by atoms with Gasteiger partial charge in [0, 0.05) is 6.04 Å². The molecule has 0 unspecified atom stereocenters. The lowest BCUT2D eigenvalue weighted by Gasteiger charge is -2.42. The Labute approximate surface area is 133 Å². The van der Waals surface area contributed by atoms with Gasteiger partial charge in [-0.05, 0) is 18.3 Å². The molecule has 7 heteroatoms. The van der Waals surface area contributed by atoms with Crippen LogP contribution in [0.25, 0.3) is 0 Å². The Balaban J connectivity index is 2.03. The molecule has 0 aromatic carbocycles. The van der Waals surface area contributed by atoms with Crippen molar-refractivity contribution >= 4 is 34.0 Å². The third-order valence-corrected chi connectivity index (χ3v) is 5.48. The van der Waals surface area contributed by atoms with E-state index in [-0.39, 0.29) is 17.4 Å². The van der Waals surface area contributed by atoms with Crippen LogP contribution in [0.3, 0.4) is 0 Å². The fourth-order valence-electron chi connectivity index (χ4n) is 2.47. The molecule has 21 heavy (non-hydrogen) atoms. The number of aromatic nitrogens is 1. The Morgan fingerprint density at radius 3 is 2.62 bits per heavy atom. The number of carbonyl (C=O) groups is 1. The molecule has 0 radical (unpaired) electrons. The van der Waals surface area contributed by atoms with Crippen LogP contribution in [0.15, 0.2) is 0 Å². The highest BCUT2D eigenvalue weighted by Gasteiger charge is 2.46. The van der Waals surface area contributed by atoms with Crippen LogP contribution in [-0.4, -0.2) is 16.9 Å². The number of amides is 1. The summed E-state index contributed by atoms with van der Waals surface area (Å²) in [5.74, 6) is -0.0654. The SMILES string of the molecule is CC1(C(=O)Nc2nc(Cl)c(C(C)(C)C)s2)CC(NC#N)C1. The Morgan fingerprint density at radius 1 is 1.52 bits per heavy atom. The summed E-state index contributed by atoms with van der Waals surface area (Å²) >= 11 is 7.56. The molecule has 1 amide bonds. The van der Waals surface area contributed by atoms with Crippen LogP contribution in [0, 0.1) is 16.9 Å². The van der Waals surface area contributed by atoms with Crippen LogP contribution in [0.1, 0.15) is 45.4 Å². The molecule has 5 nitrogen and oxygen atoms in total. The number of thiazole rings is 1. The average molecular weight is 327 g/mol. The maximum Gasteiger partial charge on any atom is 0.232 e. The zero-order chi connectivity index (χ0) is 15.8. The summed E-state index contributed by atoms with van der Waals surface area (Å²) in [6.45, 7) is 8.08. The molecule has 1 aromatic heterocycles. The smallest absolute Gasteiger partial charge is 0.232 e. The molecule has 0 atom stereocenters. The van der Waals surface area contributed by atoms with Crippen LogP contribution < -0.4 is 10.6 Å². The normalized spacial score (nSPS) is 24.9. The molecular formula is C14H19ClN4OS. The summed E-state index contributed by atoms with van der Waals surface area (Å²) in [5, 5.41) is 15.1. The van der Waals surface area contributed by atoms with Crippen LogP contribution in [0.5, 0.6) is 0 Å². The van der Waals surface area contributed by atoms with E-state index in [2.05, 4.69) is 36.4 Å². The third-order valence-electron chi connectivity index (χ3n) is 3.70. The molecule has 1 aromatic rings. The summed E-state index contributed by atoms with van der Waals surface area (Å²) in [6.07, 6.45) is 3.21. The van der Waals surface area contributed by atoms with Gasteiger partial charge in [0.05, 0.1) is 10.3 Å². The zero-order valence-electron chi connectivity index (χ0n) is 12.6. The van der Waals surface area contributed by atoms with Crippen molar-refractivity contribution in [2.45, 2.75) is 52.0 Å². The third kappa shape index (κ3) is 3.30. The highest BCUT2D eigenvalue weighted by Crippen LogP contribution is 2.42. The minimum absolute atomic E-state index is 0.0654. The summed E-state index contributed by atoms with van der Waals surface area (Å²) in [4.78, 5) is 17.5. The first kappa shape index (κ1) is 16.1. The van der Waals surface area contributed by atoms with Gasteiger partial charge in [-0.2, -0.15) is 5.26 Å². The molecule has 1 heterocycles. The molecule has 0 aliphatic heterocycles. The summed E-state index contributed by atoms with van der Waals surface area (Å²) in [7, 11) is 0. The van der Waals surface area contributed by atoms with Gasteiger partial charge in [-0.3, -0.25) is 4.79 Å². The van der Waals surface area contributed by atoms with Crippen molar-refractivity contribution in [2.75, 3.05) is 5.32 Å². The van der Waals surface area contributed by atoms with Gasteiger partial charge >= 0.3 is 0 Å². The molecule has 2 rings (SSSR count). The van der Waals surface area contributed by atoms with Crippen LogP contribution in [0.2, 0.25) is 5.15 Å². The second-order valence-electron chi connectivity index (χ2n) is 6.77. The fraction of sp³-hybridized carbons (Fsp3) is 0.643. The molecule has 0 spiro atoms. The second-order valence-corrected chi connectivity index (χ2v) is 8.12. The van der Waals surface area contributed by atoms with Crippen LogP contribution in [-0.2, 0) is 10.2 Å². The van der Waals surface area contributed by atoms with Gasteiger partial charge < -0.3 is 10.6 Å². The van der Waals surface area contributed by atoms with E-state index in [0.29, 0.717) is 23.1 Å². The van der Waals surface area contributed by atoms with E-state index in [1.165, 1.54) is 11.3 Å². The van der Waals surface area contributed by atoms with Crippen molar-refractivity contribution in [3.63, 3.8) is 0 Å². The molecule has 1 aliphatic carbocycles. The highest BCUT2D eigenvalue weighted by molar-refractivity contribution is 7.16. The topological polar surface area (TPSA) is 77.8 Å². The van der Waals surface area contributed by atoms with Crippen molar-refractivity contribution in [3.8, 4) is 6.19 Å². The van der Waals surface area contributed by atoms with Gasteiger partial charge in [-0.25, -0.2) is 4.98 Å². The first-order valence-electron chi connectivity index (χ1n) is 6.78. The van der Waals surface area contributed by atoms with Crippen molar-refractivity contribution in [2.24, 2.45) is 5.41 Å². The van der Waals surface area contributed by atoms with Gasteiger partial charge in [-0.15, -0.1) is 0 Å². The Morgan fingerprint density at radius 2 is 2.14 bits per heavy atom. The molecule has 0 saturated heterocycles. The molecular weight excluding hydrogens is 308 g/mol. The minimum Gasteiger partial charge on any atom is -0.321 e. The lowest BCUT2D eigenvalue weighted by molar-refractivity contribution is -0.130. The van der Waals surface area contributed by atoms with E-state index in [0.717, 1.165) is 4.88 Å². The first-order chi connectivity index (χ1) is 9.65. The largest absolute Gasteiger partial charge is 0.321 e. The van der Waals surface area contributed by atoms with E-state index < -0.39 is 5.41 Å². The molecule has 2 N–H and O–H groups in total. The number of nitrogens with zero attached hydrogens (tertiary/aromatic N) is 2. The Kier molecular flexibility index (Phi) is 4.18. The standard InChI is InChI=1S/C14H19ClN4OS/c1-13(2,3)9-10(15)18-12(21-9)19-11(20)14(4)5-8(6-14)17-7-16/h8,17H,5-6H2,1-4H3,(H,18,19,20). The van der Waals surface area contributed by atoms with Gasteiger partial charge in [0.2, 0.25) is 5.91 Å². The monoisotopic (exact) mass is 326 g/mol. The van der Waals surface area contributed by atoms with Crippen molar-refractivity contribution in [1.29, 1.82) is 5.26 Å². The predicted molar refractivity (Wildman–Crippen MR) is 84.3 cm³/mol. The quantitative estimate of drug-likeness (QED) is 0.660. The lowest BCUT2D eigenvalue weighted by atomic mass is 9.66. The lowest BCUT2D eigenvalue weighted by Crippen LogP contribution is -2.52. The van der Waals surface area contributed by atoms with E-state index in [4.69, 9.17) is 16.9 Å². The fourth-order valence-corrected chi connectivity index (χ4v) is 3.92. The minimum atomic E-state index is -0.450. The van der Waals surface area contributed by atoms with Gasteiger partial charge in [0.15, 0.2) is 11.3 Å². The number of hydrogen-bond acceptors (Lipinski definition) is 5. The van der Waals surface area contributed by atoms with Crippen LogP contribution >= 0.6 is 22.9 Å². The second kappa shape index (κ2) is 5.47. The summed E-state index contributed by atoms with van der Waals surface area (Å²) in [5.41, 5.74) is -0.547. The highest BCUT2D eigenvalue weighted by atomic mass is 35.5. The maximum absolute atomic E-state index is 12.3. The van der Waals surface area contributed by atoms with E-state index in [1.54, 1.807) is 0 Å². The van der Waals surface area contributed by atoms with E-state index >= 15 is 0 Å². The van der Waals surface area contributed by atoms with Gasteiger partial charge in [0.1, 0.15) is 5.15 Å². The molecule has 1 fully saturated rings. The molecule has 1 aliphatic rings. The van der Waals surface area contributed by atoms with E-state index in [9.17, 15) is 4.79 Å². The Bertz CT molecular complexity index is 593. The van der Waals surface area contributed by atoms with Gasteiger partial charge in [0.25, 0.3) is 0 Å². The zero-order valence-corrected chi connectivity index (χ0v) is 14.2. The molecule has 1 saturated carbocycles. The summed E-state index contributed by atoms with van der Waals surface area (Å²) in [6, 6.07) is 0.0933. The van der Waals surface area contributed by atoms with E-state index in [1.807, 2.05) is 13.1 Å². The number of carbonyl (C=O) groups excluding carboxylic acids is 1. The number of hydrogen-bond donors (Lipinski definition) is 2. The van der Waals surface area contributed by atoms with Crippen molar-refractivity contribution in [1.82, 2.24) is 10.3 Å². The van der Waals surface area contributed by atoms with Crippen LogP contribution in [0.4, 0.5) is 5.13 Å².